The van der Waals surface area contributed by atoms with Crippen LogP contribution in [0.1, 0.15) is 51.6 Å². The van der Waals surface area contributed by atoms with E-state index in [1.807, 2.05) is 55.5 Å². The zero-order valence-corrected chi connectivity index (χ0v) is 20.8. The lowest BCUT2D eigenvalue weighted by Crippen LogP contribution is -2.29. The summed E-state index contributed by atoms with van der Waals surface area (Å²) in [6.45, 7) is 4.32. The summed E-state index contributed by atoms with van der Waals surface area (Å²) in [4.78, 5) is 28.8. The number of carbonyl (C=O) groups excluding carboxylic acids is 1. The second-order valence-electron chi connectivity index (χ2n) is 9.57. The normalized spacial score (nSPS) is 14.5. The zero-order valence-electron chi connectivity index (χ0n) is 20.8. The molecule has 1 saturated heterocycles. The summed E-state index contributed by atoms with van der Waals surface area (Å²) < 4.78 is 0. The highest BCUT2D eigenvalue weighted by Gasteiger charge is 2.18. The Morgan fingerprint density at radius 2 is 1.83 bits per heavy atom. The average Bonchev–Trinajstić information content (AvgIpc) is 2.91. The molecule has 0 saturated carbocycles. The van der Waals surface area contributed by atoms with E-state index in [1.165, 1.54) is 18.4 Å². The molecule has 2 aromatic heterocycles. The van der Waals surface area contributed by atoms with Gasteiger partial charge in [-0.05, 0) is 105 Å². The van der Waals surface area contributed by atoms with Gasteiger partial charge in [-0.2, -0.15) is 0 Å². The van der Waals surface area contributed by atoms with Gasteiger partial charge in [-0.25, -0.2) is 9.97 Å². The number of aryl methyl sites for hydroxylation is 1. The average molecular weight is 478 g/mol. The van der Waals surface area contributed by atoms with E-state index in [4.69, 9.17) is 4.98 Å². The maximum absolute atomic E-state index is 13.0. The Morgan fingerprint density at radius 3 is 2.58 bits per heavy atom. The number of rotatable bonds is 6. The van der Waals surface area contributed by atoms with Gasteiger partial charge in [0.15, 0.2) is 0 Å². The number of nitrogens with zero attached hydrogens (tertiary/aromatic N) is 4. The number of nitrogens with one attached hydrogen (secondary N) is 1. The van der Waals surface area contributed by atoms with Gasteiger partial charge < -0.3 is 10.2 Å². The molecule has 1 N–H and O–H groups in total. The lowest BCUT2D eigenvalue weighted by atomic mass is 9.89. The quantitative estimate of drug-likeness (QED) is 0.397. The minimum atomic E-state index is -0.117. The molecule has 0 unspecified atom stereocenters. The summed E-state index contributed by atoms with van der Waals surface area (Å²) >= 11 is 0. The van der Waals surface area contributed by atoms with Crippen molar-refractivity contribution in [1.82, 2.24) is 19.9 Å². The molecule has 2 aromatic carbocycles. The molecule has 1 amide bonds. The van der Waals surface area contributed by atoms with E-state index in [2.05, 4.69) is 39.4 Å². The van der Waals surface area contributed by atoms with E-state index in [0.29, 0.717) is 23.7 Å². The van der Waals surface area contributed by atoms with E-state index >= 15 is 0 Å². The molecule has 4 aromatic rings. The number of aromatic nitrogens is 3. The van der Waals surface area contributed by atoms with Crippen molar-refractivity contribution in [3.63, 3.8) is 0 Å². The SMILES string of the molecule is Cc1ccc(C(=O)Nc2ccc(C3CCN(C)CC3)cc2)cc1Cc1nccc(-c2cccnc2)n1. The minimum absolute atomic E-state index is 0.117. The molecule has 3 heterocycles. The molecule has 0 radical (unpaired) electrons. The fraction of sp³-hybridized carbons (Fsp3) is 0.267. The molecule has 182 valence electrons. The number of hydrogen-bond acceptors (Lipinski definition) is 5. The molecule has 1 aliphatic rings. The third-order valence-corrected chi connectivity index (χ3v) is 6.98. The molecular weight excluding hydrogens is 446 g/mol. The molecule has 0 spiro atoms. The summed E-state index contributed by atoms with van der Waals surface area (Å²) in [5.74, 6) is 1.19. The Kier molecular flexibility index (Phi) is 7.14. The van der Waals surface area contributed by atoms with Gasteiger partial charge in [-0.15, -0.1) is 0 Å². The van der Waals surface area contributed by atoms with Gasteiger partial charge in [0, 0.05) is 41.8 Å². The maximum Gasteiger partial charge on any atom is 0.255 e. The van der Waals surface area contributed by atoms with Crippen LogP contribution < -0.4 is 5.32 Å². The van der Waals surface area contributed by atoms with Crippen molar-refractivity contribution in [3.8, 4) is 11.3 Å². The number of hydrogen-bond donors (Lipinski definition) is 1. The first-order chi connectivity index (χ1) is 17.5. The van der Waals surface area contributed by atoms with Crippen LogP contribution in [-0.2, 0) is 6.42 Å². The van der Waals surface area contributed by atoms with Gasteiger partial charge in [-0.3, -0.25) is 9.78 Å². The van der Waals surface area contributed by atoms with Crippen LogP contribution in [0.25, 0.3) is 11.3 Å². The van der Waals surface area contributed by atoms with E-state index in [0.717, 1.165) is 41.2 Å². The van der Waals surface area contributed by atoms with Crippen LogP contribution in [0.4, 0.5) is 5.69 Å². The van der Waals surface area contributed by atoms with Gasteiger partial charge in [0.25, 0.3) is 5.91 Å². The Morgan fingerprint density at radius 1 is 1.03 bits per heavy atom. The monoisotopic (exact) mass is 477 g/mol. The number of benzene rings is 2. The van der Waals surface area contributed by atoms with Crippen molar-refractivity contribution < 1.29 is 4.79 Å². The van der Waals surface area contributed by atoms with E-state index in [1.54, 1.807) is 18.6 Å². The number of carbonyl (C=O) groups is 1. The second-order valence-corrected chi connectivity index (χ2v) is 9.57. The Bertz CT molecular complexity index is 1330. The molecule has 5 rings (SSSR count). The van der Waals surface area contributed by atoms with Crippen LogP contribution in [0.5, 0.6) is 0 Å². The summed E-state index contributed by atoms with van der Waals surface area (Å²) in [5.41, 5.74) is 6.71. The highest BCUT2D eigenvalue weighted by atomic mass is 16.1. The van der Waals surface area contributed by atoms with Crippen molar-refractivity contribution in [3.05, 3.63) is 107 Å². The third kappa shape index (κ3) is 5.66. The number of likely N-dealkylation sites (tertiary alicyclic amines) is 1. The van der Waals surface area contributed by atoms with E-state index < -0.39 is 0 Å². The van der Waals surface area contributed by atoms with Crippen LogP contribution in [0.15, 0.2) is 79.3 Å². The van der Waals surface area contributed by atoms with Crippen LogP contribution in [-0.4, -0.2) is 45.9 Å². The smallest absolute Gasteiger partial charge is 0.255 e. The predicted octanol–water partition coefficient (Wildman–Crippen LogP) is 5.50. The number of pyridine rings is 1. The fourth-order valence-corrected chi connectivity index (χ4v) is 4.72. The first kappa shape index (κ1) is 23.8. The van der Waals surface area contributed by atoms with Gasteiger partial charge in [0.05, 0.1) is 5.69 Å². The summed E-state index contributed by atoms with van der Waals surface area (Å²) in [6, 6.07) is 19.9. The molecule has 1 fully saturated rings. The van der Waals surface area contributed by atoms with Crippen LogP contribution in [0, 0.1) is 6.92 Å². The van der Waals surface area contributed by atoms with Gasteiger partial charge in [-0.1, -0.05) is 18.2 Å². The standard InChI is InChI=1S/C30H31N5O/c1-21-5-6-24(18-26(21)19-29-32-15-11-28(34-29)25-4-3-14-31-20-25)30(36)33-27-9-7-22(8-10-27)23-12-16-35(2)17-13-23/h3-11,14-15,18,20,23H,12-13,16-17,19H2,1-2H3,(H,33,36). The first-order valence-electron chi connectivity index (χ1n) is 12.5. The third-order valence-electron chi connectivity index (χ3n) is 6.98. The lowest BCUT2D eigenvalue weighted by molar-refractivity contribution is 0.102. The highest BCUT2D eigenvalue weighted by molar-refractivity contribution is 6.04. The van der Waals surface area contributed by atoms with E-state index in [-0.39, 0.29) is 5.91 Å². The molecule has 0 aliphatic carbocycles. The molecule has 36 heavy (non-hydrogen) atoms. The fourth-order valence-electron chi connectivity index (χ4n) is 4.72. The summed E-state index contributed by atoms with van der Waals surface area (Å²) in [6.07, 6.45) is 8.22. The number of amides is 1. The van der Waals surface area contributed by atoms with Crippen LogP contribution >= 0.6 is 0 Å². The van der Waals surface area contributed by atoms with Crippen molar-refractivity contribution in [2.75, 3.05) is 25.5 Å². The van der Waals surface area contributed by atoms with Crippen molar-refractivity contribution in [1.29, 1.82) is 0 Å². The summed E-state index contributed by atoms with van der Waals surface area (Å²) in [7, 11) is 2.18. The Labute approximate surface area is 212 Å². The maximum atomic E-state index is 13.0. The van der Waals surface area contributed by atoms with Gasteiger partial charge >= 0.3 is 0 Å². The first-order valence-corrected chi connectivity index (χ1v) is 12.5. The molecule has 1 aliphatic heterocycles. The van der Waals surface area contributed by atoms with Crippen molar-refractivity contribution >= 4 is 11.6 Å². The van der Waals surface area contributed by atoms with E-state index in [9.17, 15) is 4.79 Å². The number of piperidine rings is 1. The largest absolute Gasteiger partial charge is 0.322 e. The predicted molar refractivity (Wildman–Crippen MR) is 143 cm³/mol. The topological polar surface area (TPSA) is 71.0 Å². The molecular formula is C30H31N5O. The lowest BCUT2D eigenvalue weighted by Gasteiger charge is -2.29. The second kappa shape index (κ2) is 10.8. The van der Waals surface area contributed by atoms with Crippen LogP contribution in [0.2, 0.25) is 0 Å². The molecule has 0 bridgehead atoms. The minimum Gasteiger partial charge on any atom is -0.322 e. The zero-order chi connectivity index (χ0) is 24.9. The Balaban J connectivity index is 1.27. The van der Waals surface area contributed by atoms with Gasteiger partial charge in [0.2, 0.25) is 0 Å². The molecule has 0 atom stereocenters. The highest BCUT2D eigenvalue weighted by Crippen LogP contribution is 2.28. The van der Waals surface area contributed by atoms with Crippen LogP contribution in [0.3, 0.4) is 0 Å². The Hall–Kier alpha value is -3.90. The summed E-state index contributed by atoms with van der Waals surface area (Å²) in [5, 5.41) is 3.05. The number of anilines is 1. The van der Waals surface area contributed by atoms with Crippen molar-refractivity contribution in [2.45, 2.75) is 32.1 Å². The van der Waals surface area contributed by atoms with Crippen molar-refractivity contribution in [2.24, 2.45) is 0 Å². The molecule has 6 heteroatoms. The molecule has 6 nitrogen and oxygen atoms in total. The van der Waals surface area contributed by atoms with Gasteiger partial charge in [0.1, 0.15) is 5.82 Å².